The number of rotatable bonds is 5. The number of hydrogen-bond donors (Lipinski definition) is 2. The molecule has 7 heteroatoms. The number of ether oxygens (including phenoxy) is 1. The van der Waals surface area contributed by atoms with Crippen LogP contribution in [-0.4, -0.2) is 28.0 Å². The normalized spacial score (nSPS) is 13.1. The number of carbonyl (C=O) groups is 1. The Bertz CT molecular complexity index is 1220. The molecule has 2 aromatic carbocycles. The van der Waals surface area contributed by atoms with Crippen LogP contribution < -0.4 is 10.1 Å². The van der Waals surface area contributed by atoms with Crippen LogP contribution in [0.1, 0.15) is 19.0 Å². The predicted molar refractivity (Wildman–Crippen MR) is 124 cm³/mol. The van der Waals surface area contributed by atoms with Gasteiger partial charge in [0.25, 0.3) is 0 Å². The molecule has 3 aromatic rings. The summed E-state index contributed by atoms with van der Waals surface area (Å²) in [5, 5.41) is 13.3. The predicted octanol–water partition coefficient (Wildman–Crippen LogP) is 5.39. The molecule has 2 N–H and O–H groups in total. The minimum Gasteiger partial charge on any atom is -0.507 e. The highest BCUT2D eigenvalue weighted by molar-refractivity contribution is 7.80. The van der Waals surface area contributed by atoms with Crippen molar-refractivity contribution in [2.45, 2.75) is 13.3 Å². The molecular formula is C24H20N2O4S. The van der Waals surface area contributed by atoms with E-state index in [2.05, 4.69) is 10.3 Å². The van der Waals surface area contributed by atoms with Crippen molar-refractivity contribution in [3.8, 4) is 34.1 Å². The standard InChI is InChI=1S/C24H20N2O4S/c1-14(27)25-24-22(17-4-3-5-19(31)12-17)26-23(30-24)20-11-8-16(13-21(20)28)15-6-9-18(29-2)10-7-15/h3-4,6-13,28H,5H2,1-2H3,(H,25,27). The second-order valence-electron chi connectivity index (χ2n) is 7.01. The van der Waals surface area contributed by atoms with E-state index in [-0.39, 0.29) is 23.4 Å². The molecule has 0 bridgehead atoms. The Kier molecular flexibility index (Phi) is 5.68. The summed E-state index contributed by atoms with van der Waals surface area (Å²) in [7, 11) is 1.61. The van der Waals surface area contributed by atoms with E-state index in [0.29, 0.717) is 17.7 Å². The number of phenols is 1. The first kappa shape index (κ1) is 20.6. The molecule has 0 saturated heterocycles. The number of benzene rings is 2. The maximum Gasteiger partial charge on any atom is 0.233 e. The minimum atomic E-state index is -0.286. The van der Waals surface area contributed by atoms with Gasteiger partial charge in [-0.05, 0) is 41.5 Å². The van der Waals surface area contributed by atoms with E-state index >= 15 is 0 Å². The van der Waals surface area contributed by atoms with Gasteiger partial charge in [-0.1, -0.05) is 42.6 Å². The van der Waals surface area contributed by atoms with E-state index in [0.717, 1.165) is 27.3 Å². The van der Waals surface area contributed by atoms with Gasteiger partial charge in [0.1, 0.15) is 17.2 Å². The Balaban J connectivity index is 1.72. The van der Waals surface area contributed by atoms with Crippen LogP contribution in [0, 0.1) is 0 Å². The number of anilines is 1. The van der Waals surface area contributed by atoms with Crippen molar-refractivity contribution in [1.29, 1.82) is 0 Å². The quantitative estimate of drug-likeness (QED) is 0.526. The molecule has 1 aliphatic rings. The third-order valence-electron chi connectivity index (χ3n) is 4.77. The minimum absolute atomic E-state index is 0.0131. The summed E-state index contributed by atoms with van der Waals surface area (Å²) in [4.78, 5) is 17.0. The lowest BCUT2D eigenvalue weighted by Crippen LogP contribution is -2.07. The topological polar surface area (TPSA) is 84.6 Å². The Morgan fingerprint density at radius 2 is 1.94 bits per heavy atom. The van der Waals surface area contributed by atoms with Crippen LogP contribution in [0.25, 0.3) is 28.2 Å². The first-order valence-electron chi connectivity index (χ1n) is 9.62. The number of nitrogens with one attached hydrogen (secondary N) is 1. The molecule has 4 rings (SSSR count). The van der Waals surface area contributed by atoms with Crippen molar-refractivity contribution < 1.29 is 19.1 Å². The molecule has 0 unspecified atom stereocenters. The molecule has 0 aliphatic heterocycles. The third kappa shape index (κ3) is 4.41. The summed E-state index contributed by atoms with van der Waals surface area (Å²) in [6, 6.07) is 12.8. The van der Waals surface area contributed by atoms with E-state index < -0.39 is 0 Å². The first-order chi connectivity index (χ1) is 14.9. The SMILES string of the molecule is COc1ccc(-c2ccc(-c3nc(C4=CC(=S)CC=C4)c(NC(C)=O)o3)c(O)c2)cc1. The highest BCUT2D eigenvalue weighted by atomic mass is 32.1. The van der Waals surface area contributed by atoms with E-state index in [9.17, 15) is 9.90 Å². The molecule has 156 valence electrons. The van der Waals surface area contributed by atoms with Crippen molar-refractivity contribution in [3.63, 3.8) is 0 Å². The fourth-order valence-electron chi connectivity index (χ4n) is 3.28. The van der Waals surface area contributed by atoms with Gasteiger partial charge in [0.15, 0.2) is 0 Å². The molecule has 0 spiro atoms. The van der Waals surface area contributed by atoms with Crippen molar-refractivity contribution in [1.82, 2.24) is 4.98 Å². The van der Waals surface area contributed by atoms with Gasteiger partial charge in [-0.3, -0.25) is 10.1 Å². The summed E-state index contributed by atoms with van der Waals surface area (Å²) < 4.78 is 11.0. The number of thiocarbonyl (C=S) groups is 1. The van der Waals surface area contributed by atoms with Crippen LogP contribution >= 0.6 is 12.2 Å². The van der Waals surface area contributed by atoms with Gasteiger partial charge < -0.3 is 14.3 Å². The monoisotopic (exact) mass is 432 g/mol. The molecular weight excluding hydrogens is 412 g/mol. The van der Waals surface area contributed by atoms with Gasteiger partial charge in [-0.2, -0.15) is 0 Å². The fourth-order valence-corrected chi connectivity index (χ4v) is 3.50. The number of allylic oxidation sites excluding steroid dienone is 4. The van der Waals surface area contributed by atoms with Crippen LogP contribution in [0.2, 0.25) is 0 Å². The van der Waals surface area contributed by atoms with Crippen molar-refractivity contribution in [3.05, 3.63) is 66.4 Å². The summed E-state index contributed by atoms with van der Waals surface area (Å²) in [6.45, 7) is 1.39. The van der Waals surface area contributed by atoms with Crippen LogP contribution in [-0.2, 0) is 4.79 Å². The van der Waals surface area contributed by atoms with Crippen LogP contribution in [0.15, 0.2) is 65.1 Å². The number of hydrogen-bond acceptors (Lipinski definition) is 6. The highest BCUT2D eigenvalue weighted by Gasteiger charge is 2.21. The van der Waals surface area contributed by atoms with Crippen LogP contribution in [0.4, 0.5) is 5.88 Å². The van der Waals surface area contributed by atoms with Crippen molar-refractivity contribution >= 4 is 34.4 Å². The van der Waals surface area contributed by atoms with E-state index in [1.807, 2.05) is 48.6 Å². The first-order valence-corrected chi connectivity index (χ1v) is 10.0. The number of methoxy groups -OCH3 is 1. The van der Waals surface area contributed by atoms with E-state index in [4.69, 9.17) is 21.4 Å². The fraction of sp³-hybridized carbons (Fsp3) is 0.125. The number of phenolic OH excluding ortho intramolecular Hbond substituents is 1. The zero-order chi connectivity index (χ0) is 22.0. The molecule has 0 saturated carbocycles. The molecule has 0 atom stereocenters. The maximum absolute atomic E-state index is 11.7. The van der Waals surface area contributed by atoms with Gasteiger partial charge in [-0.15, -0.1) is 0 Å². The number of nitrogens with zero attached hydrogens (tertiary/aromatic N) is 1. The molecule has 1 heterocycles. The Hall–Kier alpha value is -3.71. The van der Waals surface area contributed by atoms with Gasteiger partial charge in [0.2, 0.25) is 17.7 Å². The Labute approximate surface area is 184 Å². The summed E-state index contributed by atoms with van der Waals surface area (Å²) >= 11 is 5.29. The van der Waals surface area contributed by atoms with Crippen LogP contribution in [0.3, 0.4) is 0 Å². The lowest BCUT2D eigenvalue weighted by Gasteiger charge is -2.06. The van der Waals surface area contributed by atoms with Crippen LogP contribution in [0.5, 0.6) is 11.5 Å². The van der Waals surface area contributed by atoms with Crippen molar-refractivity contribution in [2.75, 3.05) is 12.4 Å². The van der Waals surface area contributed by atoms with Crippen molar-refractivity contribution in [2.24, 2.45) is 0 Å². The highest BCUT2D eigenvalue weighted by Crippen LogP contribution is 2.37. The average molecular weight is 433 g/mol. The third-order valence-corrected chi connectivity index (χ3v) is 5.06. The molecule has 0 fully saturated rings. The van der Waals surface area contributed by atoms with Gasteiger partial charge in [-0.25, -0.2) is 4.98 Å². The lowest BCUT2D eigenvalue weighted by atomic mass is 10.0. The summed E-state index contributed by atoms with van der Waals surface area (Å²) in [5.41, 5.74) is 3.38. The van der Waals surface area contributed by atoms with Gasteiger partial charge in [0.05, 0.1) is 12.7 Å². The number of aromatic nitrogens is 1. The lowest BCUT2D eigenvalue weighted by molar-refractivity contribution is -0.114. The number of amides is 1. The Morgan fingerprint density at radius 3 is 2.58 bits per heavy atom. The van der Waals surface area contributed by atoms with E-state index in [1.165, 1.54) is 6.92 Å². The smallest absolute Gasteiger partial charge is 0.233 e. The molecule has 1 amide bonds. The van der Waals surface area contributed by atoms with Gasteiger partial charge >= 0.3 is 0 Å². The molecule has 0 radical (unpaired) electrons. The zero-order valence-electron chi connectivity index (χ0n) is 17.0. The van der Waals surface area contributed by atoms with Gasteiger partial charge in [0, 0.05) is 23.8 Å². The second-order valence-corrected chi connectivity index (χ2v) is 7.54. The largest absolute Gasteiger partial charge is 0.507 e. The summed E-state index contributed by atoms with van der Waals surface area (Å²) in [6.07, 6.45) is 6.33. The Morgan fingerprint density at radius 1 is 1.19 bits per heavy atom. The number of carbonyl (C=O) groups excluding carboxylic acids is 1. The molecule has 1 aromatic heterocycles. The number of aromatic hydroxyl groups is 1. The molecule has 1 aliphatic carbocycles. The maximum atomic E-state index is 11.7. The second kappa shape index (κ2) is 8.57. The molecule has 6 nitrogen and oxygen atoms in total. The average Bonchev–Trinajstić information content (AvgIpc) is 3.16. The number of oxazole rings is 1. The van der Waals surface area contributed by atoms with E-state index in [1.54, 1.807) is 19.2 Å². The molecule has 31 heavy (non-hydrogen) atoms. The zero-order valence-corrected chi connectivity index (χ0v) is 17.8. The summed E-state index contributed by atoms with van der Waals surface area (Å²) in [5.74, 6) is 0.892.